The van der Waals surface area contributed by atoms with Crippen LogP contribution in [0.2, 0.25) is 5.02 Å². The van der Waals surface area contributed by atoms with Crippen LogP contribution in [-0.2, 0) is 11.3 Å². The summed E-state index contributed by atoms with van der Waals surface area (Å²) in [5.41, 5.74) is -0.0725. The number of fused-ring (bicyclic) bond motifs is 1. The molecule has 2 heterocycles. The van der Waals surface area contributed by atoms with Crippen molar-refractivity contribution in [1.29, 1.82) is 0 Å². The molecule has 7 nitrogen and oxygen atoms in total. The third-order valence-electron chi connectivity index (χ3n) is 3.96. The average Bonchev–Trinajstić information content (AvgIpc) is 2.99. The van der Waals surface area contributed by atoms with Crippen LogP contribution in [0.15, 0.2) is 39.8 Å². The second kappa shape index (κ2) is 8.26. The summed E-state index contributed by atoms with van der Waals surface area (Å²) in [7, 11) is 0. The summed E-state index contributed by atoms with van der Waals surface area (Å²) in [6, 6.07) is 7.05. The number of hydrogen-bond donors (Lipinski definition) is 0. The monoisotopic (exact) mass is 390 g/mol. The van der Waals surface area contributed by atoms with Gasteiger partial charge in [0, 0.05) is 11.6 Å². The molecule has 0 amide bonds. The number of aromatic nitrogens is 2. The molecule has 0 radical (unpaired) electrons. The third-order valence-corrected chi connectivity index (χ3v) is 4.21. The van der Waals surface area contributed by atoms with E-state index >= 15 is 0 Å². The summed E-state index contributed by atoms with van der Waals surface area (Å²) in [5, 5.41) is 0.785. The lowest BCUT2D eigenvalue weighted by molar-refractivity contribution is 0.0526. The van der Waals surface area contributed by atoms with Crippen LogP contribution in [0, 0.1) is 6.92 Å². The van der Waals surface area contributed by atoms with Crippen LogP contribution in [0.5, 0.6) is 5.75 Å². The minimum Gasteiger partial charge on any atom is -0.494 e. The van der Waals surface area contributed by atoms with Crippen molar-refractivity contribution in [1.82, 2.24) is 9.55 Å². The summed E-state index contributed by atoms with van der Waals surface area (Å²) in [4.78, 5) is 29.1. The van der Waals surface area contributed by atoms with Crippen molar-refractivity contribution in [3.8, 4) is 5.75 Å². The standard InChI is InChI=1S/C19H19ClN2O5/c1-3-25-19(24)15-12(2)27-17-16(15)18(23)22(11-21-17)9-4-10-26-14-7-5-13(20)6-8-14/h5-8,11H,3-4,9-10H2,1-2H3. The second-order valence-electron chi connectivity index (χ2n) is 5.83. The van der Waals surface area contributed by atoms with Gasteiger partial charge in [0.1, 0.15) is 28.8 Å². The van der Waals surface area contributed by atoms with Crippen LogP contribution in [0.3, 0.4) is 0 Å². The van der Waals surface area contributed by atoms with Crippen LogP contribution in [0.4, 0.5) is 0 Å². The Morgan fingerprint density at radius 1 is 1.30 bits per heavy atom. The Labute approximate surface area is 160 Å². The molecule has 1 aromatic carbocycles. The highest BCUT2D eigenvalue weighted by atomic mass is 35.5. The van der Waals surface area contributed by atoms with E-state index in [1.165, 1.54) is 10.9 Å². The Hall–Kier alpha value is -2.80. The number of rotatable bonds is 7. The minimum absolute atomic E-state index is 0.134. The molecule has 27 heavy (non-hydrogen) atoms. The third kappa shape index (κ3) is 4.14. The van der Waals surface area contributed by atoms with Crippen LogP contribution in [0.25, 0.3) is 11.1 Å². The number of ether oxygens (including phenoxy) is 2. The smallest absolute Gasteiger partial charge is 0.342 e. The van der Waals surface area contributed by atoms with Crippen LogP contribution in [0.1, 0.15) is 29.5 Å². The van der Waals surface area contributed by atoms with Gasteiger partial charge in [-0.25, -0.2) is 9.78 Å². The molecule has 3 aromatic rings. The summed E-state index contributed by atoms with van der Waals surface area (Å²) < 4.78 is 17.5. The number of esters is 1. The van der Waals surface area contributed by atoms with Crippen molar-refractivity contribution in [3.63, 3.8) is 0 Å². The summed E-state index contributed by atoms with van der Waals surface area (Å²) >= 11 is 5.83. The molecule has 8 heteroatoms. The fourth-order valence-electron chi connectivity index (χ4n) is 2.70. The second-order valence-corrected chi connectivity index (χ2v) is 6.27. The molecule has 3 rings (SSSR count). The molecule has 0 atom stereocenters. The van der Waals surface area contributed by atoms with Gasteiger partial charge in [-0.3, -0.25) is 9.36 Å². The normalized spacial score (nSPS) is 10.9. The number of carbonyl (C=O) groups is 1. The Morgan fingerprint density at radius 2 is 2.04 bits per heavy atom. The largest absolute Gasteiger partial charge is 0.494 e. The maximum absolute atomic E-state index is 12.8. The average molecular weight is 391 g/mol. The first-order chi connectivity index (χ1) is 13.0. The van der Waals surface area contributed by atoms with Crippen molar-refractivity contribution < 1.29 is 18.7 Å². The first-order valence-corrected chi connectivity index (χ1v) is 8.93. The first-order valence-electron chi connectivity index (χ1n) is 8.55. The van der Waals surface area contributed by atoms with Gasteiger partial charge in [0.2, 0.25) is 5.71 Å². The maximum atomic E-state index is 12.8. The van der Waals surface area contributed by atoms with Crippen molar-refractivity contribution in [2.24, 2.45) is 0 Å². The Bertz CT molecular complexity index is 1010. The first kappa shape index (κ1) is 19.0. The number of benzene rings is 1. The van der Waals surface area contributed by atoms with E-state index in [1.54, 1.807) is 38.1 Å². The van der Waals surface area contributed by atoms with E-state index in [0.717, 1.165) is 0 Å². The molecule has 0 fully saturated rings. The molecule has 0 aliphatic heterocycles. The lowest BCUT2D eigenvalue weighted by Gasteiger charge is -2.08. The number of furan rings is 1. The van der Waals surface area contributed by atoms with Gasteiger partial charge in [0.15, 0.2) is 0 Å². The summed E-state index contributed by atoms with van der Waals surface area (Å²) in [6.07, 6.45) is 1.99. The quantitative estimate of drug-likeness (QED) is 0.452. The van der Waals surface area contributed by atoms with E-state index < -0.39 is 5.97 Å². The zero-order chi connectivity index (χ0) is 19.4. The Kier molecular flexibility index (Phi) is 5.81. The molecular weight excluding hydrogens is 372 g/mol. The number of nitrogens with zero attached hydrogens (tertiary/aromatic N) is 2. The van der Waals surface area contributed by atoms with Gasteiger partial charge in [0.25, 0.3) is 5.56 Å². The number of aryl methyl sites for hydroxylation is 2. The Morgan fingerprint density at radius 3 is 2.74 bits per heavy atom. The van der Waals surface area contributed by atoms with Gasteiger partial charge < -0.3 is 13.9 Å². The van der Waals surface area contributed by atoms with Crippen molar-refractivity contribution >= 4 is 28.7 Å². The molecule has 0 unspecified atom stereocenters. The molecule has 0 spiro atoms. The fraction of sp³-hybridized carbons (Fsp3) is 0.316. The topological polar surface area (TPSA) is 83.6 Å². The van der Waals surface area contributed by atoms with Crippen LogP contribution in [-0.4, -0.2) is 28.7 Å². The van der Waals surface area contributed by atoms with E-state index in [9.17, 15) is 9.59 Å². The molecular formula is C19H19ClN2O5. The lowest BCUT2D eigenvalue weighted by Crippen LogP contribution is -2.23. The highest BCUT2D eigenvalue weighted by Crippen LogP contribution is 2.22. The van der Waals surface area contributed by atoms with Gasteiger partial charge in [-0.1, -0.05) is 11.6 Å². The Balaban J connectivity index is 1.74. The van der Waals surface area contributed by atoms with Crippen molar-refractivity contribution in [3.05, 3.63) is 57.3 Å². The molecule has 142 valence electrons. The number of carbonyl (C=O) groups excluding carboxylic acids is 1. The molecule has 0 N–H and O–H groups in total. The van der Waals surface area contributed by atoms with E-state index in [0.29, 0.717) is 36.1 Å². The molecule has 0 aliphatic carbocycles. The van der Waals surface area contributed by atoms with Gasteiger partial charge >= 0.3 is 5.97 Å². The van der Waals surface area contributed by atoms with Crippen molar-refractivity contribution in [2.45, 2.75) is 26.8 Å². The predicted molar refractivity (Wildman–Crippen MR) is 101 cm³/mol. The van der Waals surface area contributed by atoms with Crippen molar-refractivity contribution in [2.75, 3.05) is 13.2 Å². The fourth-order valence-corrected chi connectivity index (χ4v) is 2.83. The number of halogens is 1. The summed E-state index contributed by atoms with van der Waals surface area (Å²) in [5.74, 6) is 0.434. The molecule has 0 aliphatic rings. The highest BCUT2D eigenvalue weighted by molar-refractivity contribution is 6.30. The van der Waals surface area contributed by atoms with Gasteiger partial charge in [-0.2, -0.15) is 0 Å². The molecule has 0 saturated carbocycles. The SMILES string of the molecule is CCOC(=O)c1c(C)oc2ncn(CCCOc3ccc(Cl)cc3)c(=O)c12. The molecule has 0 bridgehead atoms. The zero-order valence-corrected chi connectivity index (χ0v) is 15.8. The van der Waals surface area contributed by atoms with E-state index in [1.807, 2.05) is 0 Å². The number of hydrogen-bond acceptors (Lipinski definition) is 6. The van der Waals surface area contributed by atoms with E-state index in [-0.39, 0.29) is 28.8 Å². The predicted octanol–water partition coefficient (Wildman–Crippen LogP) is 3.60. The highest BCUT2D eigenvalue weighted by Gasteiger charge is 2.23. The molecule has 2 aromatic heterocycles. The summed E-state index contributed by atoms with van der Waals surface area (Å²) in [6.45, 7) is 4.33. The van der Waals surface area contributed by atoms with Crippen LogP contribution >= 0.6 is 11.6 Å². The lowest BCUT2D eigenvalue weighted by atomic mass is 10.2. The van der Waals surface area contributed by atoms with Crippen LogP contribution < -0.4 is 10.3 Å². The van der Waals surface area contributed by atoms with E-state index in [2.05, 4.69) is 4.98 Å². The maximum Gasteiger partial charge on any atom is 0.342 e. The van der Waals surface area contributed by atoms with E-state index in [4.69, 9.17) is 25.5 Å². The minimum atomic E-state index is -0.587. The van der Waals surface area contributed by atoms with Gasteiger partial charge in [0.05, 0.1) is 13.2 Å². The van der Waals surface area contributed by atoms with Gasteiger partial charge in [-0.15, -0.1) is 0 Å². The van der Waals surface area contributed by atoms with Gasteiger partial charge in [-0.05, 0) is 44.5 Å². The zero-order valence-electron chi connectivity index (χ0n) is 15.0. The molecule has 0 saturated heterocycles.